The van der Waals surface area contributed by atoms with Crippen molar-refractivity contribution in [2.75, 3.05) is 37.9 Å². The number of halogens is 1. The third kappa shape index (κ3) is 5.56. The molecule has 0 radical (unpaired) electrons. The lowest BCUT2D eigenvalue weighted by Gasteiger charge is -2.27. The van der Waals surface area contributed by atoms with E-state index in [1.54, 1.807) is 0 Å². The lowest BCUT2D eigenvalue weighted by atomic mass is 10.1. The summed E-state index contributed by atoms with van der Waals surface area (Å²) >= 11 is 5.49. The quantitative estimate of drug-likeness (QED) is 0.762. The van der Waals surface area contributed by atoms with Gasteiger partial charge in [-0.15, -0.1) is 11.6 Å². The van der Waals surface area contributed by atoms with Crippen molar-refractivity contribution in [1.29, 1.82) is 0 Å². The predicted molar refractivity (Wildman–Crippen MR) is 83.9 cm³/mol. The van der Waals surface area contributed by atoms with Crippen LogP contribution in [-0.4, -0.2) is 51.3 Å². The summed E-state index contributed by atoms with van der Waals surface area (Å²) in [6.07, 6.45) is 0. The lowest BCUT2D eigenvalue weighted by Crippen LogP contribution is -2.36. The summed E-state index contributed by atoms with van der Waals surface area (Å²) in [4.78, 5) is 2.32. The second kappa shape index (κ2) is 8.10. The predicted octanol–water partition coefficient (Wildman–Crippen LogP) is 1.18. The van der Waals surface area contributed by atoms with Crippen molar-refractivity contribution in [3.63, 3.8) is 0 Å². The van der Waals surface area contributed by atoms with E-state index in [1.165, 1.54) is 0 Å². The Kier molecular flexibility index (Phi) is 6.44. The molecule has 1 heterocycles. The molecule has 118 valence electrons. The fraction of sp³-hybridized carbons (Fsp3) is 0.571. The van der Waals surface area contributed by atoms with Gasteiger partial charge in [-0.2, -0.15) is 0 Å². The van der Waals surface area contributed by atoms with Gasteiger partial charge in [0.15, 0.2) is 0 Å². The van der Waals surface area contributed by atoms with Crippen molar-refractivity contribution in [2.45, 2.75) is 13.1 Å². The standard InChI is InChI=1S/C14H21ClN2O3S/c15-5-10-21(18,19)16-11-13-3-1-2-4-14(13)12-17-6-8-20-9-7-17/h1-4,16H,5-12H2. The van der Waals surface area contributed by atoms with Crippen molar-refractivity contribution >= 4 is 21.6 Å². The van der Waals surface area contributed by atoms with Gasteiger partial charge in [0.1, 0.15) is 0 Å². The van der Waals surface area contributed by atoms with E-state index in [0.717, 1.165) is 44.0 Å². The maximum atomic E-state index is 11.7. The van der Waals surface area contributed by atoms with Gasteiger partial charge in [-0.3, -0.25) is 4.90 Å². The van der Waals surface area contributed by atoms with E-state index in [1.807, 2.05) is 24.3 Å². The van der Waals surface area contributed by atoms with Crippen LogP contribution in [0.5, 0.6) is 0 Å². The molecule has 1 aromatic rings. The van der Waals surface area contributed by atoms with Gasteiger partial charge in [0, 0.05) is 32.1 Å². The van der Waals surface area contributed by atoms with Gasteiger partial charge in [0.05, 0.1) is 19.0 Å². The van der Waals surface area contributed by atoms with Crippen molar-refractivity contribution in [3.8, 4) is 0 Å². The van der Waals surface area contributed by atoms with Gasteiger partial charge in [-0.25, -0.2) is 13.1 Å². The second-order valence-corrected chi connectivity index (χ2v) is 7.29. The van der Waals surface area contributed by atoms with E-state index in [0.29, 0.717) is 6.54 Å². The van der Waals surface area contributed by atoms with Crippen LogP contribution in [0, 0.1) is 0 Å². The highest BCUT2D eigenvalue weighted by Crippen LogP contribution is 2.13. The van der Waals surface area contributed by atoms with E-state index in [-0.39, 0.29) is 11.6 Å². The lowest BCUT2D eigenvalue weighted by molar-refractivity contribution is 0.0341. The summed E-state index contributed by atoms with van der Waals surface area (Å²) in [5.41, 5.74) is 2.15. The Labute approximate surface area is 131 Å². The SMILES string of the molecule is O=S(=O)(CCCl)NCc1ccccc1CN1CCOCC1. The number of alkyl halides is 1. The van der Waals surface area contributed by atoms with Gasteiger partial charge in [0.25, 0.3) is 0 Å². The van der Waals surface area contributed by atoms with Gasteiger partial charge >= 0.3 is 0 Å². The number of rotatable bonds is 7. The molecule has 0 atom stereocenters. The molecule has 1 aliphatic rings. The first-order valence-corrected chi connectivity index (χ1v) is 9.19. The fourth-order valence-corrected chi connectivity index (χ4v) is 3.58. The summed E-state index contributed by atoms with van der Waals surface area (Å²) in [5, 5.41) is 0. The average Bonchev–Trinajstić information content (AvgIpc) is 2.47. The molecule has 1 aromatic carbocycles. The van der Waals surface area contributed by atoms with Crippen LogP contribution < -0.4 is 4.72 Å². The minimum absolute atomic E-state index is 0.0554. The van der Waals surface area contributed by atoms with Crippen LogP contribution in [-0.2, 0) is 27.8 Å². The monoisotopic (exact) mass is 332 g/mol. The molecule has 0 spiro atoms. The molecule has 1 fully saturated rings. The molecule has 0 bridgehead atoms. The average molecular weight is 333 g/mol. The number of hydrogen-bond donors (Lipinski definition) is 1. The zero-order chi connectivity index (χ0) is 15.1. The maximum Gasteiger partial charge on any atom is 0.213 e. The molecule has 0 aliphatic carbocycles. The second-order valence-electron chi connectivity index (χ2n) is 4.99. The number of nitrogens with zero attached hydrogens (tertiary/aromatic N) is 1. The van der Waals surface area contributed by atoms with E-state index >= 15 is 0 Å². The van der Waals surface area contributed by atoms with E-state index in [9.17, 15) is 8.42 Å². The summed E-state index contributed by atoms with van der Waals surface area (Å²) < 4.78 is 31.3. The Morgan fingerprint density at radius 2 is 1.86 bits per heavy atom. The molecule has 1 aliphatic heterocycles. The number of nitrogens with one attached hydrogen (secondary N) is 1. The van der Waals surface area contributed by atoms with Crippen molar-refractivity contribution < 1.29 is 13.2 Å². The number of ether oxygens (including phenoxy) is 1. The molecule has 0 aromatic heterocycles. The van der Waals surface area contributed by atoms with E-state index < -0.39 is 10.0 Å². The summed E-state index contributed by atoms with van der Waals surface area (Å²) in [6.45, 7) is 4.45. The topological polar surface area (TPSA) is 58.6 Å². The highest BCUT2D eigenvalue weighted by atomic mass is 35.5. The fourth-order valence-electron chi connectivity index (χ4n) is 2.25. The Bertz CT molecular complexity index is 545. The van der Waals surface area contributed by atoms with Crippen molar-refractivity contribution in [3.05, 3.63) is 35.4 Å². The molecule has 1 saturated heterocycles. The minimum Gasteiger partial charge on any atom is -0.379 e. The van der Waals surface area contributed by atoms with Crippen LogP contribution in [0.25, 0.3) is 0 Å². The third-order valence-electron chi connectivity index (χ3n) is 3.44. The highest BCUT2D eigenvalue weighted by Gasteiger charge is 2.14. The zero-order valence-corrected chi connectivity index (χ0v) is 13.5. The summed E-state index contributed by atoms with van der Waals surface area (Å²) in [7, 11) is -3.30. The smallest absolute Gasteiger partial charge is 0.213 e. The Morgan fingerprint density at radius 1 is 1.19 bits per heavy atom. The normalized spacial score (nSPS) is 17.0. The van der Waals surface area contributed by atoms with Crippen LogP contribution in [0.1, 0.15) is 11.1 Å². The molecular formula is C14H21ClN2O3S. The van der Waals surface area contributed by atoms with Crippen LogP contribution in [0.4, 0.5) is 0 Å². The molecule has 21 heavy (non-hydrogen) atoms. The third-order valence-corrected chi connectivity index (χ3v) is 5.18. The van der Waals surface area contributed by atoms with E-state index in [4.69, 9.17) is 16.3 Å². The van der Waals surface area contributed by atoms with Gasteiger partial charge in [-0.1, -0.05) is 24.3 Å². The number of sulfonamides is 1. The Balaban J connectivity index is 1.99. The number of hydrogen-bond acceptors (Lipinski definition) is 4. The minimum atomic E-state index is -3.30. The molecule has 1 N–H and O–H groups in total. The largest absolute Gasteiger partial charge is 0.379 e. The van der Waals surface area contributed by atoms with Gasteiger partial charge in [0.2, 0.25) is 10.0 Å². The summed E-state index contributed by atoms with van der Waals surface area (Å²) in [5.74, 6) is 0.0466. The van der Waals surface area contributed by atoms with Crippen LogP contribution >= 0.6 is 11.6 Å². The van der Waals surface area contributed by atoms with Gasteiger partial charge < -0.3 is 4.74 Å². The zero-order valence-electron chi connectivity index (χ0n) is 11.9. The molecule has 0 unspecified atom stereocenters. The van der Waals surface area contributed by atoms with Crippen LogP contribution in [0.2, 0.25) is 0 Å². The molecular weight excluding hydrogens is 312 g/mol. The number of benzene rings is 1. The van der Waals surface area contributed by atoms with Crippen molar-refractivity contribution in [1.82, 2.24) is 9.62 Å². The first kappa shape index (κ1) is 16.7. The first-order valence-electron chi connectivity index (χ1n) is 7.01. The molecule has 5 nitrogen and oxygen atoms in total. The van der Waals surface area contributed by atoms with Crippen LogP contribution in [0.15, 0.2) is 24.3 Å². The first-order chi connectivity index (χ1) is 10.1. The molecule has 0 amide bonds. The Hall–Kier alpha value is -0.660. The van der Waals surface area contributed by atoms with Crippen LogP contribution in [0.3, 0.4) is 0 Å². The number of morpholine rings is 1. The van der Waals surface area contributed by atoms with Gasteiger partial charge in [-0.05, 0) is 11.1 Å². The highest BCUT2D eigenvalue weighted by molar-refractivity contribution is 7.89. The van der Waals surface area contributed by atoms with Crippen molar-refractivity contribution in [2.24, 2.45) is 0 Å². The Morgan fingerprint density at radius 3 is 2.52 bits per heavy atom. The molecule has 0 saturated carbocycles. The molecule has 7 heteroatoms. The van der Waals surface area contributed by atoms with E-state index in [2.05, 4.69) is 9.62 Å². The summed E-state index contributed by atoms with van der Waals surface area (Å²) in [6, 6.07) is 7.90. The maximum absolute atomic E-state index is 11.7. The molecule has 2 rings (SSSR count).